The Morgan fingerprint density at radius 3 is 1.52 bits per heavy atom. The summed E-state index contributed by atoms with van der Waals surface area (Å²) in [6.07, 6.45) is -1.82. The van der Waals surface area contributed by atoms with Crippen LogP contribution in [-0.4, -0.2) is 36.3 Å². The molecule has 0 aromatic heterocycles. The first-order chi connectivity index (χ1) is 16.2. The van der Waals surface area contributed by atoms with E-state index in [-0.39, 0.29) is 18.6 Å². The number of rotatable bonds is 10. The maximum Gasteiger partial charge on any atom is 0.187 e. The Bertz CT molecular complexity index is 934. The van der Waals surface area contributed by atoms with E-state index in [1.165, 1.54) is 0 Å². The van der Waals surface area contributed by atoms with Gasteiger partial charge in [-0.3, -0.25) is 0 Å². The van der Waals surface area contributed by atoms with E-state index < -0.39 is 18.5 Å². The Hall–Kier alpha value is -2.54. The number of benzene rings is 3. The molecule has 174 valence electrons. The normalized spacial score (nSPS) is 25.1. The molecule has 1 fully saturated rings. The highest BCUT2D eigenvalue weighted by Crippen LogP contribution is 2.32. The molecule has 0 unspecified atom stereocenters. The van der Waals surface area contributed by atoms with Gasteiger partial charge in [0.25, 0.3) is 0 Å². The number of aliphatic hydroxyl groups is 1. The molecule has 5 heteroatoms. The second-order valence-corrected chi connectivity index (χ2v) is 8.40. The lowest BCUT2D eigenvalue weighted by Crippen LogP contribution is -2.57. The molecule has 0 bridgehead atoms. The lowest BCUT2D eigenvalue weighted by atomic mass is 9.90. The minimum Gasteiger partial charge on any atom is -0.394 e. The van der Waals surface area contributed by atoms with Gasteiger partial charge in [0, 0.05) is 5.92 Å². The van der Waals surface area contributed by atoms with Gasteiger partial charge in [-0.25, -0.2) is 0 Å². The van der Waals surface area contributed by atoms with Crippen molar-refractivity contribution in [2.45, 2.75) is 51.3 Å². The molecule has 1 saturated heterocycles. The van der Waals surface area contributed by atoms with Crippen molar-refractivity contribution in [2.24, 2.45) is 5.92 Å². The molecule has 0 aliphatic carbocycles. The van der Waals surface area contributed by atoms with Crippen molar-refractivity contribution in [3.05, 3.63) is 108 Å². The van der Waals surface area contributed by atoms with E-state index >= 15 is 0 Å². The van der Waals surface area contributed by atoms with Crippen LogP contribution in [0.3, 0.4) is 0 Å². The summed E-state index contributed by atoms with van der Waals surface area (Å²) >= 11 is 0. The first-order valence-corrected chi connectivity index (χ1v) is 11.5. The topological polar surface area (TPSA) is 57.2 Å². The fourth-order valence-electron chi connectivity index (χ4n) is 4.09. The van der Waals surface area contributed by atoms with E-state index in [4.69, 9.17) is 18.9 Å². The van der Waals surface area contributed by atoms with Crippen LogP contribution in [0.4, 0.5) is 0 Å². The predicted octanol–water partition coefficient (Wildman–Crippen LogP) is 4.73. The Labute approximate surface area is 195 Å². The summed E-state index contributed by atoms with van der Waals surface area (Å²) in [4.78, 5) is 0. The molecule has 1 heterocycles. The number of hydrogen-bond donors (Lipinski definition) is 1. The monoisotopic (exact) mass is 448 g/mol. The highest BCUT2D eigenvalue weighted by Gasteiger charge is 2.45. The van der Waals surface area contributed by atoms with Crippen molar-refractivity contribution in [1.82, 2.24) is 0 Å². The molecule has 0 spiro atoms. The molecule has 1 aliphatic heterocycles. The van der Waals surface area contributed by atoms with Gasteiger partial charge in [0.2, 0.25) is 0 Å². The van der Waals surface area contributed by atoms with Crippen molar-refractivity contribution >= 4 is 0 Å². The molecule has 4 rings (SSSR count). The van der Waals surface area contributed by atoms with Gasteiger partial charge in [0.15, 0.2) is 6.29 Å². The summed E-state index contributed by atoms with van der Waals surface area (Å²) in [7, 11) is 0. The molecule has 3 aromatic rings. The largest absolute Gasteiger partial charge is 0.394 e. The van der Waals surface area contributed by atoms with Crippen molar-refractivity contribution in [3.8, 4) is 0 Å². The molecule has 1 aliphatic rings. The molecular formula is C28H32O5. The highest BCUT2D eigenvalue weighted by atomic mass is 16.7. The molecule has 0 amide bonds. The van der Waals surface area contributed by atoms with E-state index in [2.05, 4.69) is 0 Å². The second kappa shape index (κ2) is 12.1. The van der Waals surface area contributed by atoms with Gasteiger partial charge in [0.1, 0.15) is 6.10 Å². The fraction of sp³-hybridized carbons (Fsp3) is 0.357. The smallest absolute Gasteiger partial charge is 0.187 e. The molecule has 0 saturated carbocycles. The average molecular weight is 449 g/mol. The third kappa shape index (κ3) is 6.50. The Morgan fingerprint density at radius 1 is 0.636 bits per heavy atom. The zero-order chi connectivity index (χ0) is 22.9. The molecule has 0 radical (unpaired) electrons. The van der Waals surface area contributed by atoms with E-state index in [1.807, 2.05) is 97.9 Å². The SMILES string of the molecule is C[C@H]1[C@H](OCc2ccccc2)[C@H](OCc2ccccc2)[C@@H](OCc2ccccc2)O[C@@H]1CO. The van der Waals surface area contributed by atoms with Crippen LogP contribution >= 0.6 is 0 Å². The van der Waals surface area contributed by atoms with Gasteiger partial charge in [-0.05, 0) is 16.7 Å². The van der Waals surface area contributed by atoms with Crippen LogP contribution in [-0.2, 0) is 38.8 Å². The Kier molecular flexibility index (Phi) is 8.64. The Morgan fingerprint density at radius 2 is 1.06 bits per heavy atom. The molecule has 5 nitrogen and oxygen atoms in total. The summed E-state index contributed by atoms with van der Waals surface area (Å²) in [5.41, 5.74) is 3.20. The van der Waals surface area contributed by atoms with Gasteiger partial charge < -0.3 is 24.1 Å². The number of hydrogen-bond acceptors (Lipinski definition) is 5. The number of ether oxygens (including phenoxy) is 4. The molecule has 5 atom stereocenters. The quantitative estimate of drug-likeness (QED) is 0.486. The Balaban J connectivity index is 1.52. The molecular weight excluding hydrogens is 416 g/mol. The van der Waals surface area contributed by atoms with Crippen molar-refractivity contribution < 1.29 is 24.1 Å². The lowest BCUT2D eigenvalue weighted by molar-refractivity contribution is -0.310. The van der Waals surface area contributed by atoms with Crippen LogP contribution in [0.1, 0.15) is 23.6 Å². The third-order valence-electron chi connectivity index (χ3n) is 6.01. The van der Waals surface area contributed by atoms with Gasteiger partial charge in [-0.1, -0.05) is 97.9 Å². The molecule has 33 heavy (non-hydrogen) atoms. The zero-order valence-corrected chi connectivity index (χ0v) is 19.0. The van der Waals surface area contributed by atoms with Gasteiger partial charge in [0.05, 0.1) is 38.6 Å². The molecule has 3 aromatic carbocycles. The van der Waals surface area contributed by atoms with Crippen molar-refractivity contribution in [3.63, 3.8) is 0 Å². The highest BCUT2D eigenvalue weighted by molar-refractivity contribution is 5.15. The minimum absolute atomic E-state index is 0.0731. The summed E-state index contributed by atoms with van der Waals surface area (Å²) in [5, 5.41) is 9.98. The first-order valence-electron chi connectivity index (χ1n) is 11.5. The second-order valence-electron chi connectivity index (χ2n) is 8.40. The summed E-state index contributed by atoms with van der Waals surface area (Å²) in [6.45, 7) is 3.17. The first kappa shape index (κ1) is 23.6. The maximum absolute atomic E-state index is 9.98. The fourth-order valence-corrected chi connectivity index (χ4v) is 4.09. The van der Waals surface area contributed by atoms with Crippen LogP contribution in [0.25, 0.3) is 0 Å². The van der Waals surface area contributed by atoms with Crippen molar-refractivity contribution in [2.75, 3.05) is 6.61 Å². The van der Waals surface area contributed by atoms with Gasteiger partial charge in [-0.15, -0.1) is 0 Å². The zero-order valence-electron chi connectivity index (χ0n) is 19.0. The lowest BCUT2D eigenvalue weighted by Gasteiger charge is -2.44. The van der Waals surface area contributed by atoms with Crippen LogP contribution < -0.4 is 0 Å². The third-order valence-corrected chi connectivity index (χ3v) is 6.01. The van der Waals surface area contributed by atoms with E-state index in [0.29, 0.717) is 19.8 Å². The average Bonchev–Trinajstić information content (AvgIpc) is 2.88. The van der Waals surface area contributed by atoms with Crippen LogP contribution in [0.2, 0.25) is 0 Å². The van der Waals surface area contributed by atoms with Crippen molar-refractivity contribution in [1.29, 1.82) is 0 Å². The van der Waals surface area contributed by atoms with E-state index in [9.17, 15) is 5.11 Å². The number of aliphatic hydroxyl groups excluding tert-OH is 1. The van der Waals surface area contributed by atoms with Crippen LogP contribution in [0.15, 0.2) is 91.0 Å². The van der Waals surface area contributed by atoms with Crippen LogP contribution in [0, 0.1) is 5.92 Å². The molecule has 1 N–H and O–H groups in total. The van der Waals surface area contributed by atoms with E-state index in [0.717, 1.165) is 16.7 Å². The summed E-state index contributed by atoms with van der Waals surface area (Å²) < 4.78 is 25.1. The summed E-state index contributed by atoms with van der Waals surface area (Å²) in [6, 6.07) is 30.1. The predicted molar refractivity (Wildman–Crippen MR) is 126 cm³/mol. The van der Waals surface area contributed by atoms with Gasteiger partial charge in [-0.2, -0.15) is 0 Å². The van der Waals surface area contributed by atoms with E-state index in [1.54, 1.807) is 0 Å². The maximum atomic E-state index is 9.98. The minimum atomic E-state index is -0.664. The van der Waals surface area contributed by atoms with Crippen LogP contribution in [0.5, 0.6) is 0 Å². The van der Waals surface area contributed by atoms with Gasteiger partial charge >= 0.3 is 0 Å². The standard InChI is InChI=1S/C28H32O5/c1-21-25(17-29)33-28(32-20-24-15-9-4-10-16-24)27(31-19-23-13-7-3-8-14-23)26(21)30-18-22-11-5-2-6-12-22/h2-16,21,25-29H,17-20H2,1H3/t21-,25-,26+,27+,28+/m1/s1. The summed E-state index contributed by atoms with van der Waals surface area (Å²) in [5.74, 6) is -0.0731.